The van der Waals surface area contributed by atoms with Gasteiger partial charge in [-0.15, -0.1) is 0 Å². The quantitative estimate of drug-likeness (QED) is 0.875. The Labute approximate surface area is 135 Å². The number of amides is 2. The van der Waals surface area contributed by atoms with E-state index in [1.165, 1.54) is 21.3 Å². The van der Waals surface area contributed by atoms with Gasteiger partial charge in [-0.3, -0.25) is 9.59 Å². The summed E-state index contributed by atoms with van der Waals surface area (Å²) in [4.78, 5) is 25.8. The summed E-state index contributed by atoms with van der Waals surface area (Å²) < 4.78 is 15.8. The van der Waals surface area contributed by atoms with Gasteiger partial charge in [-0.25, -0.2) is 0 Å². The summed E-state index contributed by atoms with van der Waals surface area (Å²) in [6.45, 7) is 0.954. The molecule has 1 heterocycles. The highest BCUT2D eigenvalue weighted by Crippen LogP contribution is 2.35. The molecule has 0 saturated carbocycles. The molecule has 1 aliphatic heterocycles. The van der Waals surface area contributed by atoms with Crippen LogP contribution in [0, 0.1) is 5.92 Å². The van der Waals surface area contributed by atoms with Crippen LogP contribution < -0.4 is 19.9 Å². The number of ether oxygens (including phenoxy) is 3. The largest absolute Gasteiger partial charge is 0.496 e. The predicted molar refractivity (Wildman–Crippen MR) is 83.9 cm³/mol. The van der Waals surface area contributed by atoms with Gasteiger partial charge in [0.15, 0.2) is 0 Å². The van der Waals surface area contributed by atoms with E-state index in [4.69, 9.17) is 19.9 Å². The number of methoxy groups -OCH3 is 3. The second kappa shape index (κ2) is 7.21. The molecule has 1 saturated heterocycles. The Morgan fingerprint density at radius 1 is 1.04 bits per heavy atom. The maximum atomic E-state index is 12.8. The zero-order chi connectivity index (χ0) is 17.0. The van der Waals surface area contributed by atoms with Crippen LogP contribution >= 0.6 is 0 Å². The number of nitrogens with zero attached hydrogens (tertiary/aromatic N) is 1. The third-order valence-corrected chi connectivity index (χ3v) is 4.11. The third kappa shape index (κ3) is 3.49. The van der Waals surface area contributed by atoms with Crippen LogP contribution in [0.15, 0.2) is 12.1 Å². The fourth-order valence-electron chi connectivity index (χ4n) is 2.74. The van der Waals surface area contributed by atoms with E-state index in [0.29, 0.717) is 48.7 Å². The number of hydrogen-bond acceptors (Lipinski definition) is 5. The van der Waals surface area contributed by atoms with Crippen LogP contribution in [-0.4, -0.2) is 51.1 Å². The van der Waals surface area contributed by atoms with E-state index in [-0.39, 0.29) is 17.7 Å². The van der Waals surface area contributed by atoms with Gasteiger partial charge in [0, 0.05) is 31.1 Å². The summed E-state index contributed by atoms with van der Waals surface area (Å²) in [5.41, 5.74) is 5.68. The van der Waals surface area contributed by atoms with Crippen LogP contribution in [0.5, 0.6) is 17.2 Å². The molecule has 0 unspecified atom stereocenters. The molecule has 7 heteroatoms. The monoisotopic (exact) mass is 322 g/mol. The summed E-state index contributed by atoms with van der Waals surface area (Å²) >= 11 is 0. The second-order valence-corrected chi connectivity index (χ2v) is 5.38. The van der Waals surface area contributed by atoms with Gasteiger partial charge in [-0.1, -0.05) is 0 Å². The lowest BCUT2D eigenvalue weighted by atomic mass is 9.95. The number of rotatable bonds is 5. The number of carbonyl (C=O) groups is 2. The lowest BCUT2D eigenvalue weighted by Gasteiger charge is -2.31. The predicted octanol–water partition coefficient (Wildman–Crippen LogP) is 1.05. The standard InChI is InChI=1S/C16H22N2O5/c1-21-11-8-12(22-2)14(13(9-11)23-3)16(20)18-6-4-10(5-7-18)15(17)19/h8-10H,4-7H2,1-3H3,(H2,17,19). The maximum Gasteiger partial charge on any atom is 0.261 e. The first-order chi connectivity index (χ1) is 11.0. The van der Waals surface area contributed by atoms with E-state index in [1.807, 2.05) is 0 Å². The van der Waals surface area contributed by atoms with Crippen molar-refractivity contribution in [2.75, 3.05) is 34.4 Å². The number of nitrogens with two attached hydrogens (primary N) is 1. The van der Waals surface area contributed by atoms with Crippen molar-refractivity contribution < 1.29 is 23.8 Å². The van der Waals surface area contributed by atoms with Crippen molar-refractivity contribution in [1.82, 2.24) is 4.90 Å². The van der Waals surface area contributed by atoms with Gasteiger partial charge in [-0.05, 0) is 12.8 Å². The number of hydrogen-bond donors (Lipinski definition) is 1. The molecule has 0 spiro atoms. The number of carbonyl (C=O) groups excluding carboxylic acids is 2. The molecular weight excluding hydrogens is 300 g/mol. The first kappa shape index (κ1) is 16.9. The zero-order valence-corrected chi connectivity index (χ0v) is 13.6. The summed E-state index contributed by atoms with van der Waals surface area (Å²) in [7, 11) is 4.51. The molecule has 2 rings (SSSR count). The van der Waals surface area contributed by atoms with Crippen molar-refractivity contribution in [2.24, 2.45) is 11.7 Å². The summed E-state index contributed by atoms with van der Waals surface area (Å²) in [5, 5.41) is 0. The Kier molecular flexibility index (Phi) is 5.31. The molecule has 0 aliphatic carbocycles. The van der Waals surface area contributed by atoms with Crippen molar-refractivity contribution in [2.45, 2.75) is 12.8 Å². The average molecular weight is 322 g/mol. The number of primary amides is 1. The zero-order valence-electron chi connectivity index (χ0n) is 13.6. The highest BCUT2D eigenvalue weighted by Gasteiger charge is 2.30. The van der Waals surface area contributed by atoms with Crippen LogP contribution in [0.25, 0.3) is 0 Å². The van der Waals surface area contributed by atoms with E-state index in [2.05, 4.69) is 0 Å². The van der Waals surface area contributed by atoms with Gasteiger partial charge >= 0.3 is 0 Å². The molecular formula is C16H22N2O5. The normalized spacial score (nSPS) is 15.2. The van der Waals surface area contributed by atoms with Crippen LogP contribution in [0.3, 0.4) is 0 Å². The number of likely N-dealkylation sites (tertiary alicyclic amines) is 1. The van der Waals surface area contributed by atoms with Gasteiger partial charge in [0.25, 0.3) is 5.91 Å². The molecule has 7 nitrogen and oxygen atoms in total. The van der Waals surface area contributed by atoms with E-state index in [9.17, 15) is 9.59 Å². The SMILES string of the molecule is COc1cc(OC)c(C(=O)N2CCC(C(N)=O)CC2)c(OC)c1. The molecule has 23 heavy (non-hydrogen) atoms. The molecule has 1 fully saturated rings. The van der Waals surface area contributed by atoms with Gasteiger partial charge in [0.2, 0.25) is 5.91 Å². The molecule has 2 amide bonds. The summed E-state index contributed by atoms with van der Waals surface area (Å²) in [6, 6.07) is 3.29. The highest BCUT2D eigenvalue weighted by molar-refractivity contribution is 6.00. The lowest BCUT2D eigenvalue weighted by Crippen LogP contribution is -2.41. The Bertz CT molecular complexity index is 569. The van der Waals surface area contributed by atoms with Gasteiger partial charge < -0.3 is 24.8 Å². The first-order valence-corrected chi connectivity index (χ1v) is 7.40. The Morgan fingerprint density at radius 2 is 1.57 bits per heavy atom. The number of benzene rings is 1. The van der Waals surface area contributed by atoms with Crippen LogP contribution in [0.1, 0.15) is 23.2 Å². The Morgan fingerprint density at radius 3 is 1.96 bits per heavy atom. The maximum absolute atomic E-state index is 12.8. The van der Waals surface area contributed by atoms with Crippen LogP contribution in [0.2, 0.25) is 0 Å². The smallest absolute Gasteiger partial charge is 0.261 e. The minimum Gasteiger partial charge on any atom is -0.496 e. The molecule has 0 radical (unpaired) electrons. The molecule has 1 aliphatic rings. The molecule has 2 N–H and O–H groups in total. The van der Waals surface area contributed by atoms with Gasteiger partial charge in [-0.2, -0.15) is 0 Å². The average Bonchev–Trinajstić information content (AvgIpc) is 2.59. The third-order valence-electron chi connectivity index (χ3n) is 4.11. The highest BCUT2D eigenvalue weighted by atomic mass is 16.5. The summed E-state index contributed by atoms with van der Waals surface area (Å²) in [5.74, 6) is 0.661. The van der Waals surface area contributed by atoms with Crippen molar-refractivity contribution >= 4 is 11.8 Å². The fraction of sp³-hybridized carbons (Fsp3) is 0.500. The van der Waals surface area contributed by atoms with E-state index in [0.717, 1.165) is 0 Å². The molecule has 0 aromatic heterocycles. The van der Waals surface area contributed by atoms with E-state index in [1.54, 1.807) is 17.0 Å². The molecule has 0 bridgehead atoms. The molecule has 126 valence electrons. The fourth-order valence-corrected chi connectivity index (χ4v) is 2.74. The first-order valence-electron chi connectivity index (χ1n) is 7.40. The minimum atomic E-state index is -0.309. The summed E-state index contributed by atoms with van der Waals surface area (Å²) in [6.07, 6.45) is 1.14. The Hall–Kier alpha value is -2.44. The molecule has 1 aromatic rings. The minimum absolute atomic E-state index is 0.168. The molecule has 0 atom stereocenters. The van der Waals surface area contributed by atoms with E-state index >= 15 is 0 Å². The van der Waals surface area contributed by atoms with Crippen LogP contribution in [0.4, 0.5) is 0 Å². The van der Waals surface area contributed by atoms with Crippen LogP contribution in [-0.2, 0) is 4.79 Å². The number of piperidine rings is 1. The Balaban J connectivity index is 2.27. The van der Waals surface area contributed by atoms with Crippen molar-refractivity contribution in [1.29, 1.82) is 0 Å². The van der Waals surface area contributed by atoms with Gasteiger partial charge in [0.1, 0.15) is 22.8 Å². The van der Waals surface area contributed by atoms with E-state index < -0.39 is 0 Å². The lowest BCUT2D eigenvalue weighted by molar-refractivity contribution is -0.123. The van der Waals surface area contributed by atoms with Crippen molar-refractivity contribution in [3.63, 3.8) is 0 Å². The van der Waals surface area contributed by atoms with Crippen molar-refractivity contribution in [3.8, 4) is 17.2 Å². The second-order valence-electron chi connectivity index (χ2n) is 5.38. The topological polar surface area (TPSA) is 91.1 Å². The van der Waals surface area contributed by atoms with Gasteiger partial charge in [0.05, 0.1) is 21.3 Å². The van der Waals surface area contributed by atoms with Crippen molar-refractivity contribution in [3.05, 3.63) is 17.7 Å². The molecule has 1 aromatic carbocycles.